The molecule has 0 aliphatic carbocycles. The molecule has 6 nitrogen and oxygen atoms in total. The molecule has 0 bridgehead atoms. The lowest BCUT2D eigenvalue weighted by atomic mass is 10.2. The molecular formula is C15H18N2O4. The highest BCUT2D eigenvalue weighted by molar-refractivity contribution is 5.94. The summed E-state index contributed by atoms with van der Waals surface area (Å²) in [5.41, 5.74) is 1.98. The monoisotopic (exact) mass is 290 g/mol. The van der Waals surface area contributed by atoms with Crippen molar-refractivity contribution < 1.29 is 19.1 Å². The van der Waals surface area contributed by atoms with Gasteiger partial charge < -0.3 is 15.4 Å². The Balaban J connectivity index is 2.46. The number of allylic oxidation sites excluding steroid dienone is 1. The molecule has 0 aliphatic rings. The van der Waals surface area contributed by atoms with Crippen LogP contribution in [0.25, 0.3) is 0 Å². The standard InChI is InChI=1S/C15H18N2O4/c1-10(2)8-15(20)21-9-14(19)17-13-6-4-12(5-7-13)16-11(3)18/h4-8H,9H2,1-3H3,(H,16,18)(H,17,19). The Morgan fingerprint density at radius 1 is 1.00 bits per heavy atom. The number of rotatable bonds is 5. The highest BCUT2D eigenvalue weighted by Crippen LogP contribution is 2.13. The largest absolute Gasteiger partial charge is 0.452 e. The molecule has 0 spiro atoms. The third-order valence-electron chi connectivity index (χ3n) is 2.24. The molecule has 6 heteroatoms. The summed E-state index contributed by atoms with van der Waals surface area (Å²) in [5, 5.41) is 5.20. The van der Waals surface area contributed by atoms with Gasteiger partial charge in [0.1, 0.15) is 0 Å². The van der Waals surface area contributed by atoms with Gasteiger partial charge in [0.2, 0.25) is 5.91 Å². The van der Waals surface area contributed by atoms with Gasteiger partial charge in [0.25, 0.3) is 5.91 Å². The minimum atomic E-state index is -0.550. The van der Waals surface area contributed by atoms with Crippen LogP contribution in [0.15, 0.2) is 35.9 Å². The fourth-order valence-corrected chi connectivity index (χ4v) is 1.45. The smallest absolute Gasteiger partial charge is 0.331 e. The summed E-state index contributed by atoms with van der Waals surface area (Å²) in [5.74, 6) is -1.15. The van der Waals surface area contributed by atoms with Crippen LogP contribution in [0.5, 0.6) is 0 Å². The summed E-state index contributed by atoms with van der Waals surface area (Å²) >= 11 is 0. The number of hydrogen-bond acceptors (Lipinski definition) is 4. The predicted molar refractivity (Wildman–Crippen MR) is 79.8 cm³/mol. The van der Waals surface area contributed by atoms with E-state index < -0.39 is 11.9 Å². The molecule has 0 unspecified atom stereocenters. The van der Waals surface area contributed by atoms with Crippen molar-refractivity contribution in [1.29, 1.82) is 0 Å². The van der Waals surface area contributed by atoms with E-state index in [1.165, 1.54) is 13.0 Å². The fraction of sp³-hybridized carbons (Fsp3) is 0.267. The van der Waals surface area contributed by atoms with Crippen molar-refractivity contribution in [2.75, 3.05) is 17.2 Å². The van der Waals surface area contributed by atoms with Crippen LogP contribution in [0, 0.1) is 0 Å². The molecule has 0 heterocycles. The number of carbonyl (C=O) groups excluding carboxylic acids is 3. The van der Waals surface area contributed by atoms with E-state index in [9.17, 15) is 14.4 Å². The molecule has 0 aromatic heterocycles. The van der Waals surface area contributed by atoms with E-state index in [1.807, 2.05) is 0 Å². The summed E-state index contributed by atoms with van der Waals surface area (Å²) in [7, 11) is 0. The zero-order valence-corrected chi connectivity index (χ0v) is 12.2. The van der Waals surface area contributed by atoms with Gasteiger partial charge in [0, 0.05) is 24.4 Å². The molecule has 0 aliphatic heterocycles. The van der Waals surface area contributed by atoms with Gasteiger partial charge in [-0.2, -0.15) is 0 Å². The van der Waals surface area contributed by atoms with Gasteiger partial charge in [-0.25, -0.2) is 4.79 Å². The van der Waals surface area contributed by atoms with Crippen molar-refractivity contribution in [3.8, 4) is 0 Å². The molecule has 0 atom stereocenters. The number of esters is 1. The molecule has 2 amide bonds. The SMILES string of the molecule is CC(=O)Nc1ccc(NC(=O)COC(=O)C=C(C)C)cc1. The fourth-order valence-electron chi connectivity index (χ4n) is 1.45. The Hall–Kier alpha value is -2.63. The van der Waals surface area contributed by atoms with Crippen molar-refractivity contribution >= 4 is 29.2 Å². The topological polar surface area (TPSA) is 84.5 Å². The third-order valence-corrected chi connectivity index (χ3v) is 2.24. The van der Waals surface area contributed by atoms with Gasteiger partial charge in [0.15, 0.2) is 6.61 Å². The third kappa shape index (κ3) is 6.91. The van der Waals surface area contributed by atoms with Crippen molar-refractivity contribution in [3.63, 3.8) is 0 Å². The lowest BCUT2D eigenvalue weighted by molar-refractivity contribution is -0.142. The van der Waals surface area contributed by atoms with Gasteiger partial charge in [-0.15, -0.1) is 0 Å². The van der Waals surface area contributed by atoms with Crippen LogP contribution in [0.2, 0.25) is 0 Å². The molecule has 2 N–H and O–H groups in total. The molecule has 0 radical (unpaired) electrons. The van der Waals surface area contributed by atoms with E-state index in [-0.39, 0.29) is 12.5 Å². The highest BCUT2D eigenvalue weighted by atomic mass is 16.5. The number of ether oxygens (including phenoxy) is 1. The Morgan fingerprint density at radius 2 is 1.52 bits per heavy atom. The summed E-state index contributed by atoms with van der Waals surface area (Å²) in [6.07, 6.45) is 1.31. The zero-order valence-electron chi connectivity index (χ0n) is 12.2. The highest BCUT2D eigenvalue weighted by Gasteiger charge is 2.06. The second-order valence-electron chi connectivity index (χ2n) is 4.64. The number of carbonyl (C=O) groups is 3. The molecule has 0 saturated carbocycles. The van der Waals surface area contributed by atoms with Gasteiger partial charge >= 0.3 is 5.97 Å². The number of hydrogen-bond donors (Lipinski definition) is 2. The van der Waals surface area contributed by atoms with Crippen LogP contribution in [0.3, 0.4) is 0 Å². The molecule has 112 valence electrons. The Bertz CT molecular complexity index is 558. The average Bonchev–Trinajstić information content (AvgIpc) is 2.37. The van der Waals surface area contributed by atoms with Crippen molar-refractivity contribution in [2.24, 2.45) is 0 Å². The molecular weight excluding hydrogens is 272 g/mol. The first-order chi connectivity index (χ1) is 9.86. The maximum atomic E-state index is 11.6. The lowest BCUT2D eigenvalue weighted by Crippen LogP contribution is -2.20. The van der Waals surface area contributed by atoms with Crippen molar-refractivity contribution in [1.82, 2.24) is 0 Å². The van der Waals surface area contributed by atoms with Crippen molar-refractivity contribution in [3.05, 3.63) is 35.9 Å². The van der Waals surface area contributed by atoms with Gasteiger partial charge in [-0.1, -0.05) is 5.57 Å². The Kier molecular flexibility index (Phi) is 6.13. The van der Waals surface area contributed by atoms with Gasteiger partial charge in [-0.05, 0) is 38.1 Å². The van der Waals surface area contributed by atoms with Crippen LogP contribution < -0.4 is 10.6 Å². The summed E-state index contributed by atoms with van der Waals surface area (Å²) < 4.78 is 4.78. The van der Waals surface area contributed by atoms with E-state index in [0.717, 1.165) is 5.57 Å². The maximum Gasteiger partial charge on any atom is 0.331 e. The first-order valence-corrected chi connectivity index (χ1v) is 6.36. The Labute approximate surface area is 123 Å². The Morgan fingerprint density at radius 3 is 2.00 bits per heavy atom. The van der Waals surface area contributed by atoms with Crippen LogP contribution >= 0.6 is 0 Å². The second kappa shape index (κ2) is 7.84. The van der Waals surface area contributed by atoms with E-state index in [0.29, 0.717) is 11.4 Å². The molecule has 0 fully saturated rings. The lowest BCUT2D eigenvalue weighted by Gasteiger charge is -2.07. The van der Waals surface area contributed by atoms with Crippen LogP contribution in [0.1, 0.15) is 20.8 Å². The van der Waals surface area contributed by atoms with E-state index >= 15 is 0 Å². The van der Waals surface area contributed by atoms with Gasteiger partial charge in [-0.3, -0.25) is 9.59 Å². The second-order valence-corrected chi connectivity index (χ2v) is 4.64. The molecule has 1 aromatic carbocycles. The summed E-state index contributed by atoms with van der Waals surface area (Å²) in [4.78, 5) is 33.7. The van der Waals surface area contributed by atoms with E-state index in [4.69, 9.17) is 4.74 Å². The summed E-state index contributed by atoms with van der Waals surface area (Å²) in [6.45, 7) is 4.59. The zero-order chi connectivity index (χ0) is 15.8. The number of nitrogens with one attached hydrogen (secondary N) is 2. The maximum absolute atomic E-state index is 11.6. The average molecular weight is 290 g/mol. The van der Waals surface area contributed by atoms with Crippen LogP contribution in [0.4, 0.5) is 11.4 Å². The van der Waals surface area contributed by atoms with Crippen LogP contribution in [-0.4, -0.2) is 24.4 Å². The quantitative estimate of drug-likeness (QED) is 0.642. The first kappa shape index (κ1) is 16.4. The predicted octanol–water partition coefficient (Wildman–Crippen LogP) is 2.09. The number of benzene rings is 1. The number of anilines is 2. The minimum Gasteiger partial charge on any atom is -0.452 e. The van der Waals surface area contributed by atoms with Crippen LogP contribution in [-0.2, 0) is 19.1 Å². The molecule has 0 saturated heterocycles. The van der Waals surface area contributed by atoms with Gasteiger partial charge in [0.05, 0.1) is 0 Å². The first-order valence-electron chi connectivity index (χ1n) is 6.36. The minimum absolute atomic E-state index is 0.169. The number of amides is 2. The normalized spacial score (nSPS) is 9.48. The summed E-state index contributed by atoms with van der Waals surface area (Å²) in [6, 6.07) is 6.60. The molecule has 21 heavy (non-hydrogen) atoms. The van der Waals surface area contributed by atoms with E-state index in [1.54, 1.807) is 38.1 Å². The van der Waals surface area contributed by atoms with E-state index in [2.05, 4.69) is 10.6 Å². The molecule has 1 rings (SSSR count). The van der Waals surface area contributed by atoms with Crippen molar-refractivity contribution in [2.45, 2.75) is 20.8 Å². The molecule has 1 aromatic rings.